The van der Waals surface area contributed by atoms with Crippen LogP contribution in [0.4, 0.5) is 17.1 Å². The Kier molecular flexibility index (Phi) is 8.50. The van der Waals surface area contributed by atoms with Crippen LogP contribution in [0.2, 0.25) is 0 Å². The largest absolute Gasteiger partial charge is 0.309 e. The molecule has 11 aromatic carbocycles. The minimum Gasteiger partial charge on any atom is -0.309 e. The first-order chi connectivity index (χ1) is 30.8. The zero-order valence-electron chi connectivity index (χ0n) is 33.9. The van der Waals surface area contributed by atoms with E-state index in [1.807, 2.05) is 0 Å². The van der Waals surface area contributed by atoms with E-state index in [-0.39, 0.29) is 0 Å². The van der Waals surface area contributed by atoms with E-state index in [0.29, 0.717) is 0 Å². The number of rotatable bonds is 7. The molecule has 0 spiro atoms. The third kappa shape index (κ3) is 5.94. The first-order valence-corrected chi connectivity index (χ1v) is 21.2. The Labute approximate surface area is 360 Å². The molecule has 0 saturated carbocycles. The summed E-state index contributed by atoms with van der Waals surface area (Å²) in [7, 11) is 0. The van der Waals surface area contributed by atoms with Gasteiger partial charge in [0.1, 0.15) is 5.82 Å². The molecule has 0 unspecified atom stereocenters. The number of benzene rings is 11. The van der Waals surface area contributed by atoms with Crippen molar-refractivity contribution >= 4 is 71.2 Å². The minimum atomic E-state index is 0.925. The average molecular weight is 790 g/mol. The maximum Gasteiger partial charge on any atom is 0.145 e. The summed E-state index contributed by atoms with van der Waals surface area (Å²) in [5.74, 6) is 0.925. The summed E-state index contributed by atoms with van der Waals surface area (Å²) in [4.78, 5) is 7.70. The van der Waals surface area contributed by atoms with Gasteiger partial charge in [-0.05, 0) is 97.5 Å². The molecule has 0 atom stereocenters. The van der Waals surface area contributed by atoms with Gasteiger partial charge >= 0.3 is 0 Å². The van der Waals surface area contributed by atoms with Crippen LogP contribution >= 0.6 is 0 Å². The molecule has 290 valence electrons. The van der Waals surface area contributed by atoms with E-state index in [0.717, 1.165) is 67.4 Å². The zero-order valence-corrected chi connectivity index (χ0v) is 33.9. The van der Waals surface area contributed by atoms with E-state index < -0.39 is 0 Å². The molecule has 0 aliphatic carbocycles. The van der Waals surface area contributed by atoms with Gasteiger partial charge < -0.3 is 4.90 Å². The average Bonchev–Trinajstić information content (AvgIpc) is 3.75. The normalized spacial score (nSPS) is 11.5. The Morgan fingerprint density at radius 3 is 1.47 bits per heavy atom. The summed E-state index contributed by atoms with van der Waals surface area (Å²) in [6.07, 6.45) is 0. The summed E-state index contributed by atoms with van der Waals surface area (Å²) in [6.45, 7) is 0. The number of aromatic nitrogens is 2. The molecule has 12 rings (SSSR count). The molecule has 3 heteroatoms. The Balaban J connectivity index is 1.02. The fraction of sp³-hybridized carbons (Fsp3) is 0. The lowest BCUT2D eigenvalue weighted by atomic mass is 9.96. The van der Waals surface area contributed by atoms with E-state index in [1.54, 1.807) is 0 Å². The van der Waals surface area contributed by atoms with Crippen molar-refractivity contribution in [2.75, 3.05) is 4.90 Å². The standard InChI is InChI=1S/C59H39N3/c1-3-17-41(18-4-1)59-60-55-32-16-31-50(58(55)62(59)46-23-5-2-6-24-46)43-22-15-21-42(37-43)40-33-35-47(36-34-40)61(56-38-44-19-7-9-25-48(44)51-27-11-13-29-53(51)56)57-39-45-20-8-10-26-49(45)52-28-12-14-30-54(52)57/h1-39H. The summed E-state index contributed by atoms with van der Waals surface area (Å²) in [5, 5.41) is 9.83. The van der Waals surface area contributed by atoms with Crippen molar-refractivity contribution in [3.05, 3.63) is 237 Å². The molecule has 0 saturated heterocycles. The second kappa shape index (κ2) is 14.8. The minimum absolute atomic E-state index is 0.925. The fourth-order valence-electron chi connectivity index (χ4n) is 9.49. The van der Waals surface area contributed by atoms with Crippen LogP contribution in [0.15, 0.2) is 237 Å². The van der Waals surface area contributed by atoms with Crippen molar-refractivity contribution in [3.63, 3.8) is 0 Å². The van der Waals surface area contributed by atoms with Gasteiger partial charge in [-0.25, -0.2) is 4.98 Å². The molecule has 0 radical (unpaired) electrons. The van der Waals surface area contributed by atoms with Gasteiger partial charge in [0.25, 0.3) is 0 Å². The first kappa shape index (κ1) is 35.7. The smallest absolute Gasteiger partial charge is 0.145 e. The van der Waals surface area contributed by atoms with Crippen LogP contribution in [0, 0.1) is 0 Å². The molecule has 1 aromatic heterocycles. The summed E-state index contributed by atoms with van der Waals surface area (Å²) in [6, 6.07) is 85.4. The van der Waals surface area contributed by atoms with Crippen LogP contribution in [-0.4, -0.2) is 9.55 Å². The molecule has 0 aliphatic heterocycles. The van der Waals surface area contributed by atoms with E-state index in [9.17, 15) is 0 Å². The maximum atomic E-state index is 5.23. The summed E-state index contributed by atoms with van der Waals surface area (Å²) in [5.41, 5.74) is 12.2. The molecular formula is C59H39N3. The quantitative estimate of drug-likeness (QED) is 0.150. The number of imidazole rings is 1. The van der Waals surface area contributed by atoms with E-state index in [1.165, 1.54) is 43.1 Å². The van der Waals surface area contributed by atoms with Crippen LogP contribution < -0.4 is 4.90 Å². The second-order valence-electron chi connectivity index (χ2n) is 15.9. The molecule has 0 aliphatic rings. The monoisotopic (exact) mass is 789 g/mol. The van der Waals surface area contributed by atoms with Gasteiger partial charge in [0.2, 0.25) is 0 Å². The van der Waals surface area contributed by atoms with Crippen LogP contribution in [-0.2, 0) is 0 Å². The van der Waals surface area contributed by atoms with Crippen molar-refractivity contribution in [2.24, 2.45) is 0 Å². The first-order valence-electron chi connectivity index (χ1n) is 21.2. The number of nitrogens with zero attached hydrogens (tertiary/aromatic N) is 3. The third-order valence-corrected chi connectivity index (χ3v) is 12.3. The summed E-state index contributed by atoms with van der Waals surface area (Å²) >= 11 is 0. The molecular weight excluding hydrogens is 751 g/mol. The number of hydrogen-bond donors (Lipinski definition) is 0. The van der Waals surface area contributed by atoms with Crippen molar-refractivity contribution in [3.8, 4) is 39.3 Å². The van der Waals surface area contributed by atoms with Crippen LogP contribution in [0.25, 0.3) is 93.5 Å². The highest BCUT2D eigenvalue weighted by atomic mass is 15.1. The predicted octanol–water partition coefficient (Wildman–Crippen LogP) is 16.1. The highest BCUT2D eigenvalue weighted by Gasteiger charge is 2.22. The summed E-state index contributed by atoms with van der Waals surface area (Å²) < 4.78 is 2.31. The lowest BCUT2D eigenvalue weighted by Gasteiger charge is -2.29. The van der Waals surface area contributed by atoms with Gasteiger partial charge in [-0.3, -0.25) is 4.57 Å². The molecule has 0 bridgehead atoms. The highest BCUT2D eigenvalue weighted by Crippen LogP contribution is 2.46. The van der Waals surface area contributed by atoms with Gasteiger partial charge in [0, 0.05) is 33.3 Å². The number of hydrogen-bond acceptors (Lipinski definition) is 2. The van der Waals surface area contributed by atoms with Crippen molar-refractivity contribution in [1.82, 2.24) is 9.55 Å². The Morgan fingerprint density at radius 1 is 0.339 bits per heavy atom. The van der Waals surface area contributed by atoms with Crippen molar-refractivity contribution < 1.29 is 0 Å². The van der Waals surface area contributed by atoms with E-state index >= 15 is 0 Å². The number of fused-ring (bicyclic) bond motifs is 7. The molecule has 12 aromatic rings. The van der Waals surface area contributed by atoms with Gasteiger partial charge in [0.05, 0.1) is 22.4 Å². The number of anilines is 3. The van der Waals surface area contributed by atoms with Crippen LogP contribution in [0.5, 0.6) is 0 Å². The third-order valence-electron chi connectivity index (χ3n) is 12.3. The maximum absolute atomic E-state index is 5.23. The topological polar surface area (TPSA) is 21.1 Å². The highest BCUT2D eigenvalue weighted by molar-refractivity contribution is 6.18. The molecule has 62 heavy (non-hydrogen) atoms. The van der Waals surface area contributed by atoms with Gasteiger partial charge in [0.15, 0.2) is 0 Å². The van der Waals surface area contributed by atoms with Crippen molar-refractivity contribution in [1.29, 1.82) is 0 Å². The lowest BCUT2D eigenvalue weighted by molar-refractivity contribution is 1.10. The molecule has 3 nitrogen and oxygen atoms in total. The SMILES string of the molecule is c1ccc(-c2nc3cccc(-c4cccc(-c5ccc(N(c6cc7ccccc7c7ccccc67)c6cc7ccccc7c7ccccc67)cc5)c4)c3n2-c2ccccc2)cc1. The second-order valence-corrected chi connectivity index (χ2v) is 15.9. The van der Waals surface area contributed by atoms with E-state index in [2.05, 4.69) is 246 Å². The van der Waals surface area contributed by atoms with Gasteiger partial charge in [-0.2, -0.15) is 0 Å². The molecule has 1 heterocycles. The molecule has 0 amide bonds. The van der Waals surface area contributed by atoms with Gasteiger partial charge in [-0.15, -0.1) is 0 Å². The van der Waals surface area contributed by atoms with Gasteiger partial charge in [-0.1, -0.05) is 188 Å². The lowest BCUT2D eigenvalue weighted by Crippen LogP contribution is -2.11. The predicted molar refractivity (Wildman–Crippen MR) is 262 cm³/mol. The number of para-hydroxylation sites is 2. The van der Waals surface area contributed by atoms with Crippen molar-refractivity contribution in [2.45, 2.75) is 0 Å². The molecule has 0 N–H and O–H groups in total. The Hall–Kier alpha value is -8.27. The van der Waals surface area contributed by atoms with E-state index in [4.69, 9.17) is 4.98 Å². The molecule has 0 fully saturated rings. The van der Waals surface area contributed by atoms with Crippen LogP contribution in [0.1, 0.15) is 0 Å². The zero-order chi connectivity index (χ0) is 41.0. The Morgan fingerprint density at radius 2 is 0.839 bits per heavy atom. The van der Waals surface area contributed by atoms with Crippen LogP contribution in [0.3, 0.4) is 0 Å². The fourth-order valence-corrected chi connectivity index (χ4v) is 9.49. The Bertz CT molecular complexity index is 3510.